The van der Waals surface area contributed by atoms with E-state index in [0.29, 0.717) is 37.6 Å². The summed E-state index contributed by atoms with van der Waals surface area (Å²) in [5.74, 6) is 0.414. The number of carbonyl (C=O) groups is 1. The fourth-order valence-corrected chi connectivity index (χ4v) is 4.78. The van der Waals surface area contributed by atoms with Gasteiger partial charge in [-0.05, 0) is 42.8 Å². The zero-order valence-electron chi connectivity index (χ0n) is 19.2. The number of aromatic nitrogens is 2. The summed E-state index contributed by atoms with van der Waals surface area (Å²) in [6, 6.07) is 19.5. The molecule has 0 spiro atoms. The molecule has 1 atom stereocenters. The molecule has 2 aliphatic heterocycles. The highest BCUT2D eigenvalue weighted by Crippen LogP contribution is 2.26. The van der Waals surface area contributed by atoms with E-state index in [-0.39, 0.29) is 5.91 Å². The van der Waals surface area contributed by atoms with Crippen LogP contribution in [0.5, 0.6) is 0 Å². The number of likely N-dealkylation sites (tertiary alicyclic amines) is 1. The molecule has 1 aromatic heterocycles. The largest absolute Gasteiger partial charge is 0.387 e. The number of hydrogen-bond donors (Lipinski definition) is 2. The van der Waals surface area contributed by atoms with Gasteiger partial charge in [0.05, 0.1) is 12.1 Å². The number of hydrogen-bond acceptors (Lipinski definition) is 7. The third-order valence-corrected chi connectivity index (χ3v) is 6.56. The molecule has 2 N–H and O–H groups in total. The van der Waals surface area contributed by atoms with Crippen LogP contribution in [0.1, 0.15) is 16.8 Å². The smallest absolute Gasteiger partial charge is 0.254 e. The SMILES string of the molecule is O=C(c1cccc(Nc2ncccn2)c1)N1CCC(O)(CN2CCN(c3ccccc3)CC2)C1. The normalized spacial score (nSPS) is 21.0. The molecule has 34 heavy (non-hydrogen) atoms. The van der Waals surface area contributed by atoms with E-state index in [9.17, 15) is 9.90 Å². The fraction of sp³-hybridized carbons (Fsp3) is 0.346. The van der Waals surface area contributed by atoms with Crippen molar-refractivity contribution in [2.75, 3.05) is 56.0 Å². The van der Waals surface area contributed by atoms with Crippen LogP contribution in [-0.2, 0) is 0 Å². The summed E-state index contributed by atoms with van der Waals surface area (Å²) in [6.45, 7) is 5.18. The Morgan fingerprint density at radius 1 is 0.941 bits per heavy atom. The summed E-state index contributed by atoms with van der Waals surface area (Å²) in [4.78, 5) is 28.0. The minimum Gasteiger partial charge on any atom is -0.387 e. The van der Waals surface area contributed by atoms with Crippen LogP contribution in [0.2, 0.25) is 0 Å². The van der Waals surface area contributed by atoms with Crippen molar-refractivity contribution in [2.45, 2.75) is 12.0 Å². The van der Waals surface area contributed by atoms with E-state index < -0.39 is 5.60 Å². The molecule has 0 aliphatic carbocycles. The molecule has 2 aliphatic rings. The molecule has 2 aromatic carbocycles. The fourth-order valence-electron chi connectivity index (χ4n) is 4.78. The van der Waals surface area contributed by atoms with Crippen LogP contribution >= 0.6 is 0 Å². The van der Waals surface area contributed by atoms with E-state index in [1.165, 1.54) is 5.69 Å². The number of nitrogens with one attached hydrogen (secondary N) is 1. The van der Waals surface area contributed by atoms with Gasteiger partial charge in [-0.15, -0.1) is 0 Å². The number of benzene rings is 2. The van der Waals surface area contributed by atoms with Crippen LogP contribution in [0.25, 0.3) is 0 Å². The number of rotatable bonds is 6. The van der Waals surface area contributed by atoms with Crippen LogP contribution in [0.3, 0.4) is 0 Å². The van der Waals surface area contributed by atoms with Gasteiger partial charge in [0, 0.05) is 68.6 Å². The monoisotopic (exact) mass is 458 g/mol. The number of aliphatic hydroxyl groups is 1. The lowest BCUT2D eigenvalue weighted by Gasteiger charge is -2.39. The van der Waals surface area contributed by atoms with Gasteiger partial charge in [-0.1, -0.05) is 24.3 Å². The maximum Gasteiger partial charge on any atom is 0.254 e. The predicted octanol–water partition coefficient (Wildman–Crippen LogP) is 2.62. The summed E-state index contributed by atoms with van der Waals surface area (Å²) in [7, 11) is 0. The van der Waals surface area contributed by atoms with Gasteiger partial charge in [-0.3, -0.25) is 9.69 Å². The Morgan fingerprint density at radius 3 is 2.47 bits per heavy atom. The number of anilines is 3. The second-order valence-electron chi connectivity index (χ2n) is 9.08. The van der Waals surface area contributed by atoms with Crippen molar-refractivity contribution in [3.8, 4) is 0 Å². The molecule has 3 aromatic rings. The van der Waals surface area contributed by atoms with Gasteiger partial charge in [0.2, 0.25) is 5.95 Å². The van der Waals surface area contributed by atoms with Crippen LogP contribution in [0.15, 0.2) is 73.1 Å². The van der Waals surface area contributed by atoms with Crippen LogP contribution in [-0.4, -0.2) is 82.2 Å². The summed E-state index contributed by atoms with van der Waals surface area (Å²) in [5.41, 5.74) is 1.71. The summed E-state index contributed by atoms with van der Waals surface area (Å²) >= 11 is 0. The Hall–Kier alpha value is -3.49. The van der Waals surface area contributed by atoms with E-state index in [1.54, 1.807) is 35.5 Å². The quantitative estimate of drug-likeness (QED) is 0.587. The Bertz CT molecular complexity index is 1100. The van der Waals surface area contributed by atoms with Crippen LogP contribution < -0.4 is 10.2 Å². The van der Waals surface area contributed by atoms with Crippen LogP contribution in [0, 0.1) is 0 Å². The Labute approximate surface area is 199 Å². The molecule has 8 heteroatoms. The lowest BCUT2D eigenvalue weighted by atomic mass is 10.0. The molecule has 0 bridgehead atoms. The minimum atomic E-state index is -0.877. The molecule has 5 rings (SSSR count). The highest BCUT2D eigenvalue weighted by molar-refractivity contribution is 5.95. The predicted molar refractivity (Wildman–Crippen MR) is 132 cm³/mol. The molecule has 3 heterocycles. The van der Waals surface area contributed by atoms with Crippen molar-refractivity contribution in [1.29, 1.82) is 0 Å². The third-order valence-electron chi connectivity index (χ3n) is 6.56. The number of β-amino-alcohol motifs (C(OH)–C–C–N with tert-alkyl or cyclic N) is 1. The summed E-state index contributed by atoms with van der Waals surface area (Å²) in [5, 5.41) is 14.4. The topological polar surface area (TPSA) is 84.8 Å². The number of piperazine rings is 1. The minimum absolute atomic E-state index is 0.0672. The van der Waals surface area contributed by atoms with Gasteiger partial charge < -0.3 is 20.2 Å². The van der Waals surface area contributed by atoms with Gasteiger partial charge in [0.25, 0.3) is 5.91 Å². The molecular weight excluding hydrogens is 428 g/mol. The van der Waals surface area contributed by atoms with E-state index in [4.69, 9.17) is 0 Å². The van der Waals surface area contributed by atoms with Crippen molar-refractivity contribution in [2.24, 2.45) is 0 Å². The summed E-state index contributed by atoms with van der Waals surface area (Å²) < 4.78 is 0. The standard InChI is InChI=1S/C26H30N6O2/c33-24(21-6-4-7-22(18-21)29-25-27-11-5-12-28-25)32-13-10-26(34,20-32)19-30-14-16-31(17-15-30)23-8-2-1-3-9-23/h1-9,11-12,18,34H,10,13-17,19-20H2,(H,27,28,29). The third kappa shape index (κ3) is 5.18. The zero-order valence-corrected chi connectivity index (χ0v) is 19.2. The number of nitrogens with zero attached hydrogens (tertiary/aromatic N) is 5. The Morgan fingerprint density at radius 2 is 1.71 bits per heavy atom. The lowest BCUT2D eigenvalue weighted by molar-refractivity contribution is 0.0103. The molecular formula is C26H30N6O2. The van der Waals surface area contributed by atoms with Crippen molar-refractivity contribution in [3.63, 3.8) is 0 Å². The van der Waals surface area contributed by atoms with Crippen LogP contribution in [0.4, 0.5) is 17.3 Å². The molecule has 176 valence electrons. The Kier molecular flexibility index (Phi) is 6.42. The van der Waals surface area contributed by atoms with E-state index in [0.717, 1.165) is 31.9 Å². The van der Waals surface area contributed by atoms with E-state index >= 15 is 0 Å². The average molecular weight is 459 g/mol. The maximum absolute atomic E-state index is 13.2. The number of para-hydroxylation sites is 1. The second-order valence-corrected chi connectivity index (χ2v) is 9.08. The number of carbonyl (C=O) groups excluding carboxylic acids is 1. The van der Waals surface area contributed by atoms with Gasteiger partial charge in [-0.25, -0.2) is 9.97 Å². The second kappa shape index (κ2) is 9.79. The molecule has 1 unspecified atom stereocenters. The van der Waals surface area contributed by atoms with Gasteiger partial charge in [0.1, 0.15) is 0 Å². The first-order valence-electron chi connectivity index (χ1n) is 11.8. The number of amides is 1. The highest BCUT2D eigenvalue weighted by atomic mass is 16.3. The molecule has 2 fully saturated rings. The highest BCUT2D eigenvalue weighted by Gasteiger charge is 2.40. The zero-order chi connectivity index (χ0) is 23.4. The van der Waals surface area contributed by atoms with Crippen molar-refractivity contribution in [3.05, 3.63) is 78.6 Å². The van der Waals surface area contributed by atoms with Crippen molar-refractivity contribution >= 4 is 23.2 Å². The molecule has 0 radical (unpaired) electrons. The average Bonchev–Trinajstić information content (AvgIpc) is 3.27. The Balaban J connectivity index is 1.16. The van der Waals surface area contributed by atoms with Crippen molar-refractivity contribution < 1.29 is 9.90 Å². The first-order valence-corrected chi connectivity index (χ1v) is 11.8. The van der Waals surface area contributed by atoms with Crippen molar-refractivity contribution in [1.82, 2.24) is 19.8 Å². The molecule has 0 saturated carbocycles. The lowest BCUT2D eigenvalue weighted by Crippen LogP contribution is -2.53. The van der Waals surface area contributed by atoms with Gasteiger partial charge >= 0.3 is 0 Å². The molecule has 8 nitrogen and oxygen atoms in total. The van der Waals surface area contributed by atoms with Gasteiger partial charge in [-0.2, -0.15) is 0 Å². The first-order chi connectivity index (χ1) is 16.6. The molecule has 1 amide bonds. The van der Waals surface area contributed by atoms with E-state index in [1.807, 2.05) is 18.2 Å². The maximum atomic E-state index is 13.2. The summed E-state index contributed by atoms with van der Waals surface area (Å²) in [6.07, 6.45) is 3.92. The van der Waals surface area contributed by atoms with E-state index in [2.05, 4.69) is 49.4 Å². The van der Waals surface area contributed by atoms with Gasteiger partial charge in [0.15, 0.2) is 0 Å². The molecule has 2 saturated heterocycles. The first kappa shape index (κ1) is 22.3.